The molecule has 0 aliphatic heterocycles. The number of nitrogens with zero attached hydrogens (tertiary/aromatic N) is 2. The Hall–Kier alpha value is -3.07. The van der Waals surface area contributed by atoms with E-state index in [1.165, 1.54) is 17.0 Å². The smallest absolute Gasteiger partial charge is 0.317 e. The molecule has 2 rings (SSSR count). The lowest BCUT2D eigenvalue weighted by Gasteiger charge is -2.18. The van der Waals surface area contributed by atoms with Crippen molar-refractivity contribution in [1.82, 2.24) is 10.2 Å². The molecule has 0 bridgehead atoms. The molecule has 5 nitrogen and oxygen atoms in total. The van der Waals surface area contributed by atoms with Crippen LogP contribution in [0.25, 0.3) is 0 Å². The molecule has 0 radical (unpaired) electrons. The number of benzene rings is 2. The zero-order valence-electron chi connectivity index (χ0n) is 13.5. The minimum atomic E-state index is -0.509. The van der Waals surface area contributed by atoms with Crippen LogP contribution in [0.1, 0.15) is 16.7 Å². The van der Waals surface area contributed by atoms with Crippen molar-refractivity contribution in [2.45, 2.75) is 13.1 Å². The van der Waals surface area contributed by atoms with E-state index in [-0.39, 0.29) is 18.1 Å². The van der Waals surface area contributed by atoms with Crippen LogP contribution in [0.3, 0.4) is 0 Å². The summed E-state index contributed by atoms with van der Waals surface area (Å²) in [5.74, 6) is 0.214. The molecule has 0 heterocycles. The molecular weight excluding hydrogens is 309 g/mol. The molecule has 2 amide bonds. The van der Waals surface area contributed by atoms with Crippen molar-refractivity contribution >= 4 is 6.03 Å². The number of hydrogen-bond donors (Lipinski definition) is 1. The van der Waals surface area contributed by atoms with Crippen LogP contribution in [-0.4, -0.2) is 25.1 Å². The van der Waals surface area contributed by atoms with E-state index in [1.54, 1.807) is 14.2 Å². The van der Waals surface area contributed by atoms with Gasteiger partial charge in [-0.3, -0.25) is 0 Å². The fourth-order valence-electron chi connectivity index (χ4n) is 2.18. The van der Waals surface area contributed by atoms with Crippen LogP contribution in [0.2, 0.25) is 0 Å². The lowest BCUT2D eigenvalue weighted by molar-refractivity contribution is 0.206. The van der Waals surface area contributed by atoms with Gasteiger partial charge in [0.15, 0.2) is 0 Å². The van der Waals surface area contributed by atoms with Gasteiger partial charge in [0.2, 0.25) is 0 Å². The topological polar surface area (TPSA) is 65.4 Å². The Bertz CT molecular complexity index is 771. The predicted molar refractivity (Wildman–Crippen MR) is 87.8 cm³/mol. The van der Waals surface area contributed by atoms with Gasteiger partial charge in [0.1, 0.15) is 11.6 Å². The number of amides is 2. The minimum absolute atomic E-state index is 0.0544. The van der Waals surface area contributed by atoms with Crippen molar-refractivity contribution < 1.29 is 13.9 Å². The molecule has 0 unspecified atom stereocenters. The van der Waals surface area contributed by atoms with Gasteiger partial charge in [-0.1, -0.05) is 18.2 Å². The third-order valence-corrected chi connectivity index (χ3v) is 3.51. The predicted octanol–water partition coefficient (Wildman–Crippen LogP) is 3.05. The fourth-order valence-corrected chi connectivity index (χ4v) is 2.18. The second-order valence-corrected chi connectivity index (χ2v) is 5.28. The molecule has 0 saturated carbocycles. The standard InChI is InChI=1S/C18H18FN3O2/c1-22(12-14-4-3-5-16(8-14)24-2)18(23)21-11-15-7-6-13(10-20)9-17(15)19/h3-9H,11-12H2,1-2H3,(H,21,23). The van der Waals surface area contributed by atoms with E-state index >= 15 is 0 Å². The molecule has 0 aliphatic carbocycles. The van der Waals surface area contributed by atoms with Crippen molar-refractivity contribution in [2.24, 2.45) is 0 Å². The molecular formula is C18H18FN3O2. The van der Waals surface area contributed by atoms with Crippen LogP contribution in [0.5, 0.6) is 5.75 Å². The number of halogens is 1. The van der Waals surface area contributed by atoms with Gasteiger partial charge in [0, 0.05) is 25.7 Å². The molecule has 0 aromatic heterocycles. The minimum Gasteiger partial charge on any atom is -0.497 e. The number of nitrogens with one attached hydrogen (secondary N) is 1. The van der Waals surface area contributed by atoms with Crippen LogP contribution < -0.4 is 10.1 Å². The van der Waals surface area contributed by atoms with Crippen molar-refractivity contribution in [3.63, 3.8) is 0 Å². The van der Waals surface area contributed by atoms with E-state index in [9.17, 15) is 9.18 Å². The second kappa shape index (κ2) is 7.97. The molecule has 0 saturated heterocycles. The summed E-state index contributed by atoms with van der Waals surface area (Å²) in [7, 11) is 3.24. The van der Waals surface area contributed by atoms with Gasteiger partial charge in [0.05, 0.1) is 18.7 Å². The first-order valence-corrected chi connectivity index (χ1v) is 7.34. The van der Waals surface area contributed by atoms with Gasteiger partial charge >= 0.3 is 6.03 Å². The van der Waals surface area contributed by atoms with E-state index in [2.05, 4.69) is 5.32 Å². The maximum absolute atomic E-state index is 13.8. The first-order chi connectivity index (χ1) is 11.5. The normalized spacial score (nSPS) is 9.92. The highest BCUT2D eigenvalue weighted by Crippen LogP contribution is 2.14. The van der Waals surface area contributed by atoms with Crippen LogP contribution >= 0.6 is 0 Å². The Morgan fingerprint density at radius 3 is 2.79 bits per heavy atom. The van der Waals surface area contributed by atoms with Crippen molar-refractivity contribution in [2.75, 3.05) is 14.2 Å². The van der Waals surface area contributed by atoms with E-state index < -0.39 is 5.82 Å². The quantitative estimate of drug-likeness (QED) is 0.918. The summed E-state index contributed by atoms with van der Waals surface area (Å²) in [4.78, 5) is 13.6. The van der Waals surface area contributed by atoms with Crippen LogP contribution in [0.4, 0.5) is 9.18 Å². The SMILES string of the molecule is COc1cccc(CN(C)C(=O)NCc2ccc(C#N)cc2F)c1. The van der Waals surface area contributed by atoms with Crippen LogP contribution in [0.15, 0.2) is 42.5 Å². The summed E-state index contributed by atoms with van der Waals surface area (Å²) in [6, 6.07) is 13.2. The number of hydrogen-bond acceptors (Lipinski definition) is 3. The number of ether oxygens (including phenoxy) is 1. The van der Waals surface area contributed by atoms with E-state index in [0.717, 1.165) is 17.4 Å². The van der Waals surface area contributed by atoms with Gasteiger partial charge in [0.25, 0.3) is 0 Å². The Morgan fingerprint density at radius 2 is 2.12 bits per heavy atom. The van der Waals surface area contributed by atoms with Crippen LogP contribution in [0, 0.1) is 17.1 Å². The Kier molecular flexibility index (Phi) is 5.74. The highest BCUT2D eigenvalue weighted by Gasteiger charge is 2.11. The molecule has 0 atom stereocenters. The molecule has 0 aliphatic rings. The van der Waals surface area contributed by atoms with Crippen molar-refractivity contribution in [1.29, 1.82) is 5.26 Å². The van der Waals surface area contributed by atoms with Gasteiger partial charge in [-0.25, -0.2) is 9.18 Å². The third kappa shape index (κ3) is 4.46. The summed E-state index contributed by atoms with van der Waals surface area (Å²) in [5, 5.41) is 11.4. The number of nitriles is 1. The molecule has 6 heteroatoms. The summed E-state index contributed by atoms with van der Waals surface area (Å²) in [5.41, 5.74) is 1.51. The van der Waals surface area contributed by atoms with Crippen LogP contribution in [-0.2, 0) is 13.1 Å². The number of methoxy groups -OCH3 is 1. The number of rotatable bonds is 5. The Morgan fingerprint density at radius 1 is 1.33 bits per heavy atom. The molecule has 1 N–H and O–H groups in total. The molecule has 2 aromatic carbocycles. The number of urea groups is 1. The summed E-state index contributed by atoms with van der Waals surface area (Å²) in [6.07, 6.45) is 0. The zero-order valence-corrected chi connectivity index (χ0v) is 13.5. The molecule has 24 heavy (non-hydrogen) atoms. The summed E-state index contributed by atoms with van der Waals surface area (Å²) >= 11 is 0. The molecule has 124 valence electrons. The van der Waals surface area contributed by atoms with E-state index in [4.69, 9.17) is 10.00 Å². The van der Waals surface area contributed by atoms with E-state index in [1.807, 2.05) is 30.3 Å². The maximum Gasteiger partial charge on any atom is 0.317 e. The highest BCUT2D eigenvalue weighted by atomic mass is 19.1. The van der Waals surface area contributed by atoms with Crippen molar-refractivity contribution in [3.05, 3.63) is 65.0 Å². The fraction of sp³-hybridized carbons (Fsp3) is 0.222. The lowest BCUT2D eigenvalue weighted by atomic mass is 10.1. The summed E-state index contributed by atoms with van der Waals surface area (Å²) < 4.78 is 18.9. The average molecular weight is 327 g/mol. The largest absolute Gasteiger partial charge is 0.497 e. The number of carbonyl (C=O) groups is 1. The van der Waals surface area contributed by atoms with Crippen molar-refractivity contribution in [3.8, 4) is 11.8 Å². The Labute approximate surface area is 140 Å². The lowest BCUT2D eigenvalue weighted by Crippen LogP contribution is -2.36. The molecule has 2 aromatic rings. The van der Waals surface area contributed by atoms with Gasteiger partial charge in [-0.15, -0.1) is 0 Å². The highest BCUT2D eigenvalue weighted by molar-refractivity contribution is 5.73. The second-order valence-electron chi connectivity index (χ2n) is 5.28. The molecule has 0 spiro atoms. The third-order valence-electron chi connectivity index (χ3n) is 3.51. The van der Waals surface area contributed by atoms with E-state index in [0.29, 0.717) is 12.1 Å². The molecule has 0 fully saturated rings. The monoisotopic (exact) mass is 327 g/mol. The first-order valence-electron chi connectivity index (χ1n) is 7.34. The van der Waals surface area contributed by atoms with Gasteiger partial charge < -0.3 is 15.0 Å². The maximum atomic E-state index is 13.8. The summed E-state index contributed by atoms with van der Waals surface area (Å²) in [6.45, 7) is 0.456. The first kappa shape index (κ1) is 17.3. The number of carbonyl (C=O) groups excluding carboxylic acids is 1. The van der Waals surface area contributed by atoms with Gasteiger partial charge in [-0.05, 0) is 29.8 Å². The Balaban J connectivity index is 1.93. The average Bonchev–Trinajstić information content (AvgIpc) is 2.60. The zero-order chi connectivity index (χ0) is 17.5. The van der Waals surface area contributed by atoms with Gasteiger partial charge in [-0.2, -0.15) is 5.26 Å².